The third-order valence-electron chi connectivity index (χ3n) is 5.55. The Labute approximate surface area is 189 Å². The molecule has 1 amide bonds. The summed E-state index contributed by atoms with van der Waals surface area (Å²) in [6.07, 6.45) is 5.60. The Morgan fingerprint density at radius 1 is 1.24 bits per heavy atom. The lowest BCUT2D eigenvalue weighted by atomic mass is 9.96. The van der Waals surface area contributed by atoms with E-state index < -0.39 is 11.5 Å². The molecule has 1 aliphatic heterocycles. The predicted octanol–water partition coefficient (Wildman–Crippen LogP) is 1.69. The molecule has 0 radical (unpaired) electrons. The molecule has 10 heteroatoms. The number of carboxylic acids is 1. The van der Waals surface area contributed by atoms with Crippen molar-refractivity contribution in [1.29, 1.82) is 0 Å². The lowest BCUT2D eigenvalue weighted by Gasteiger charge is -2.29. The van der Waals surface area contributed by atoms with Crippen LogP contribution in [-0.2, 0) is 29.1 Å². The maximum absolute atomic E-state index is 13.0. The Hall–Kier alpha value is -4.21. The zero-order valence-corrected chi connectivity index (χ0v) is 18.3. The second-order valence-electron chi connectivity index (χ2n) is 7.52. The van der Waals surface area contributed by atoms with E-state index in [4.69, 9.17) is 9.90 Å². The number of carboxylic acid groups (broad SMARTS) is 2. The monoisotopic (exact) mass is 452 g/mol. The van der Waals surface area contributed by atoms with E-state index in [2.05, 4.69) is 4.98 Å². The fourth-order valence-corrected chi connectivity index (χ4v) is 4.01. The lowest BCUT2D eigenvalue weighted by molar-refractivity contribution is -0.129. The van der Waals surface area contributed by atoms with Gasteiger partial charge in [-0.15, -0.1) is 0 Å². The average Bonchev–Trinajstić information content (AvgIpc) is 3.20. The fraction of sp³-hybridized carbons (Fsp3) is 0.261. The number of fused-ring (bicyclic) bond motifs is 1. The van der Waals surface area contributed by atoms with Gasteiger partial charge in [-0.1, -0.05) is 18.2 Å². The number of pyridine rings is 1. The first-order chi connectivity index (χ1) is 15.8. The number of carbonyl (C=O) groups is 3. The molecule has 172 valence electrons. The van der Waals surface area contributed by atoms with Gasteiger partial charge in [-0.2, -0.15) is 0 Å². The Balaban J connectivity index is 0.000000968. The minimum atomic E-state index is -1.24. The Bertz CT molecular complexity index is 1260. The van der Waals surface area contributed by atoms with Crippen molar-refractivity contribution in [2.45, 2.75) is 33.4 Å². The molecule has 0 fully saturated rings. The van der Waals surface area contributed by atoms with Crippen molar-refractivity contribution in [2.75, 3.05) is 6.54 Å². The van der Waals surface area contributed by atoms with Crippen LogP contribution >= 0.6 is 0 Å². The number of aromatic carboxylic acids is 1. The molecule has 2 N–H and O–H groups in total. The number of benzene rings is 1. The number of carbonyl (C=O) groups excluding carboxylic acids is 1. The van der Waals surface area contributed by atoms with Gasteiger partial charge in [0.05, 0.1) is 12.2 Å². The molecule has 10 nitrogen and oxygen atoms in total. The molecule has 2 aromatic heterocycles. The number of imidazole rings is 1. The first-order valence-corrected chi connectivity index (χ1v) is 10.2. The number of hydrogen-bond acceptors (Lipinski definition) is 5. The van der Waals surface area contributed by atoms with Crippen molar-refractivity contribution < 1.29 is 24.6 Å². The smallest absolute Gasteiger partial charge is 0.341 e. The molecule has 1 aromatic carbocycles. The van der Waals surface area contributed by atoms with Gasteiger partial charge in [0.2, 0.25) is 5.91 Å². The quantitative estimate of drug-likeness (QED) is 0.575. The second kappa shape index (κ2) is 9.94. The average molecular weight is 452 g/mol. The number of aromatic nitrogens is 3. The van der Waals surface area contributed by atoms with E-state index in [0.29, 0.717) is 30.6 Å². The van der Waals surface area contributed by atoms with Crippen LogP contribution in [0.3, 0.4) is 0 Å². The van der Waals surface area contributed by atoms with Crippen LogP contribution in [0.25, 0.3) is 5.69 Å². The van der Waals surface area contributed by atoms with E-state index in [0.717, 1.165) is 17.1 Å². The zero-order chi connectivity index (χ0) is 24.1. The Kier molecular flexibility index (Phi) is 7.07. The van der Waals surface area contributed by atoms with Crippen LogP contribution in [0.15, 0.2) is 47.7 Å². The molecule has 4 rings (SSSR count). The standard InChI is InChI=1S/C22H22N4O4.CH2O2/c1-14-23-8-10-26(14)19-6-4-3-5-16(19)11-25-13-17-12-24(15(2)27)9-7-18(17)20(21(25)28)22(29)30;2-1-3/h3-6,8,10,13H,7,9,11-12H2,1-2H3,(H,29,30);1H,(H,2,3). The van der Waals surface area contributed by atoms with E-state index in [-0.39, 0.29) is 24.5 Å². The zero-order valence-electron chi connectivity index (χ0n) is 18.3. The van der Waals surface area contributed by atoms with E-state index in [1.165, 1.54) is 11.5 Å². The van der Waals surface area contributed by atoms with Gasteiger partial charge in [0.25, 0.3) is 12.0 Å². The van der Waals surface area contributed by atoms with Crippen LogP contribution < -0.4 is 5.56 Å². The van der Waals surface area contributed by atoms with Gasteiger partial charge in [0, 0.05) is 38.6 Å². The number of para-hydroxylation sites is 1. The molecule has 0 saturated carbocycles. The normalized spacial score (nSPS) is 12.4. The molecule has 3 heterocycles. The topological polar surface area (TPSA) is 135 Å². The molecule has 0 unspecified atom stereocenters. The summed E-state index contributed by atoms with van der Waals surface area (Å²) in [6.45, 7) is 4.05. The molecule has 0 saturated heterocycles. The van der Waals surface area contributed by atoms with E-state index in [1.54, 1.807) is 17.3 Å². The van der Waals surface area contributed by atoms with E-state index in [1.807, 2.05) is 42.0 Å². The summed E-state index contributed by atoms with van der Waals surface area (Å²) in [5.74, 6) is -0.500. The summed E-state index contributed by atoms with van der Waals surface area (Å²) < 4.78 is 3.35. The number of nitrogens with zero attached hydrogens (tertiary/aromatic N) is 4. The summed E-state index contributed by atoms with van der Waals surface area (Å²) in [7, 11) is 0. The molecule has 1 aliphatic rings. The van der Waals surface area contributed by atoms with Gasteiger partial charge in [0.15, 0.2) is 0 Å². The third kappa shape index (κ3) is 4.84. The van der Waals surface area contributed by atoms with Crippen molar-refractivity contribution in [1.82, 2.24) is 19.0 Å². The van der Waals surface area contributed by atoms with Crippen LogP contribution in [0.5, 0.6) is 0 Å². The van der Waals surface area contributed by atoms with Gasteiger partial charge in [-0.3, -0.25) is 14.4 Å². The maximum atomic E-state index is 13.0. The summed E-state index contributed by atoms with van der Waals surface area (Å²) in [5.41, 5.74) is 2.22. The molecule has 3 aromatic rings. The Morgan fingerprint density at radius 3 is 2.55 bits per heavy atom. The van der Waals surface area contributed by atoms with Gasteiger partial charge in [-0.25, -0.2) is 9.78 Å². The second-order valence-corrected chi connectivity index (χ2v) is 7.52. The predicted molar refractivity (Wildman–Crippen MR) is 119 cm³/mol. The van der Waals surface area contributed by atoms with Crippen molar-refractivity contribution in [2.24, 2.45) is 0 Å². The molecule has 0 atom stereocenters. The number of aryl methyl sites for hydroxylation is 1. The van der Waals surface area contributed by atoms with Crippen LogP contribution in [-0.4, -0.2) is 54.1 Å². The fourth-order valence-electron chi connectivity index (χ4n) is 4.01. The SMILES string of the molecule is CC(=O)N1CCc2c(cn(Cc3ccccc3-n3ccnc3C)c(=O)c2C(=O)O)C1.O=CO. The lowest BCUT2D eigenvalue weighted by Crippen LogP contribution is -2.38. The highest BCUT2D eigenvalue weighted by Crippen LogP contribution is 2.22. The van der Waals surface area contributed by atoms with Crippen molar-refractivity contribution in [3.63, 3.8) is 0 Å². The van der Waals surface area contributed by atoms with Gasteiger partial charge in [0.1, 0.15) is 11.4 Å². The minimum absolute atomic E-state index is 0.0730. The highest BCUT2D eigenvalue weighted by atomic mass is 16.4. The molecule has 0 aliphatic carbocycles. The van der Waals surface area contributed by atoms with Crippen LogP contribution in [0.1, 0.15) is 39.8 Å². The largest absolute Gasteiger partial charge is 0.483 e. The number of rotatable bonds is 4. The maximum Gasteiger partial charge on any atom is 0.341 e. The van der Waals surface area contributed by atoms with Gasteiger partial charge >= 0.3 is 5.97 Å². The van der Waals surface area contributed by atoms with Crippen LogP contribution in [0.2, 0.25) is 0 Å². The number of hydrogen-bond donors (Lipinski definition) is 2. The molecular weight excluding hydrogens is 428 g/mol. The van der Waals surface area contributed by atoms with Crippen LogP contribution in [0, 0.1) is 6.92 Å². The van der Waals surface area contributed by atoms with Crippen molar-refractivity contribution in [3.8, 4) is 5.69 Å². The summed E-state index contributed by atoms with van der Waals surface area (Å²) in [4.78, 5) is 51.0. The minimum Gasteiger partial charge on any atom is -0.483 e. The molecular formula is C23H24N4O6. The van der Waals surface area contributed by atoms with Crippen molar-refractivity contribution in [3.05, 3.63) is 81.3 Å². The summed E-state index contributed by atoms with van der Waals surface area (Å²) >= 11 is 0. The van der Waals surface area contributed by atoms with E-state index in [9.17, 15) is 19.5 Å². The summed E-state index contributed by atoms with van der Waals surface area (Å²) in [5, 5.41) is 16.6. The van der Waals surface area contributed by atoms with Gasteiger partial charge in [-0.05, 0) is 36.1 Å². The first-order valence-electron chi connectivity index (χ1n) is 10.2. The molecule has 33 heavy (non-hydrogen) atoms. The highest BCUT2D eigenvalue weighted by Gasteiger charge is 2.27. The van der Waals surface area contributed by atoms with E-state index >= 15 is 0 Å². The van der Waals surface area contributed by atoms with Crippen LogP contribution in [0.4, 0.5) is 0 Å². The highest BCUT2D eigenvalue weighted by molar-refractivity contribution is 5.89. The van der Waals surface area contributed by atoms with Gasteiger partial charge < -0.3 is 24.2 Å². The third-order valence-corrected chi connectivity index (χ3v) is 5.55. The first kappa shape index (κ1) is 23.5. The summed E-state index contributed by atoms with van der Waals surface area (Å²) in [6, 6.07) is 7.62. The molecule has 0 spiro atoms. The Morgan fingerprint density at radius 2 is 1.94 bits per heavy atom. The number of amides is 1. The van der Waals surface area contributed by atoms with Crippen molar-refractivity contribution >= 4 is 18.3 Å². The molecule has 0 bridgehead atoms.